The maximum atomic E-state index is 11.5. The number of carbonyl (C=O) groups excluding carboxylic acids is 1. The minimum absolute atomic E-state index is 0.113. The smallest absolute Gasteiger partial charge is 0.301 e. The Balaban J connectivity index is 2.05. The van der Waals surface area contributed by atoms with E-state index < -0.39 is 5.91 Å². The highest BCUT2D eigenvalue weighted by atomic mass is 16.5. The molecule has 6 heteroatoms. The van der Waals surface area contributed by atoms with Crippen LogP contribution in [0.5, 0.6) is 0 Å². The quantitative estimate of drug-likeness (QED) is 0.481. The lowest BCUT2D eigenvalue weighted by Gasteiger charge is -2.39. The van der Waals surface area contributed by atoms with Crippen molar-refractivity contribution in [3.8, 4) is 0 Å². The monoisotopic (exact) mass is 267 g/mol. The summed E-state index contributed by atoms with van der Waals surface area (Å²) < 4.78 is 10.7. The highest BCUT2D eigenvalue weighted by Crippen LogP contribution is 2.25. The molecule has 0 bridgehead atoms. The van der Waals surface area contributed by atoms with Crippen LogP contribution in [0.2, 0.25) is 0 Å². The number of hydrogen-bond donors (Lipinski definition) is 2. The number of hydrogen-bond acceptors (Lipinski definition) is 5. The van der Waals surface area contributed by atoms with Crippen molar-refractivity contribution in [1.82, 2.24) is 10.3 Å². The molecule has 6 nitrogen and oxygen atoms in total. The highest BCUT2D eigenvalue weighted by Gasteiger charge is 2.31. The van der Waals surface area contributed by atoms with E-state index in [9.17, 15) is 4.79 Å². The molecule has 0 spiro atoms. The number of carbonyl (C=O) groups is 1. The zero-order valence-electron chi connectivity index (χ0n) is 11.4. The van der Waals surface area contributed by atoms with E-state index in [0.717, 1.165) is 31.5 Å². The first-order valence-electron chi connectivity index (χ1n) is 6.43. The van der Waals surface area contributed by atoms with E-state index in [0.29, 0.717) is 6.54 Å². The largest absolute Gasteiger partial charge is 0.459 e. The summed E-state index contributed by atoms with van der Waals surface area (Å²) in [6.07, 6.45) is 3.65. The van der Waals surface area contributed by atoms with Gasteiger partial charge in [-0.15, -0.1) is 0 Å². The van der Waals surface area contributed by atoms with Gasteiger partial charge in [0, 0.05) is 25.8 Å². The summed E-state index contributed by atoms with van der Waals surface area (Å²) in [6, 6.07) is 1.81. The van der Waals surface area contributed by atoms with Gasteiger partial charge in [-0.1, -0.05) is 0 Å². The van der Waals surface area contributed by atoms with Crippen molar-refractivity contribution < 1.29 is 13.9 Å². The van der Waals surface area contributed by atoms with Crippen molar-refractivity contribution in [3.05, 3.63) is 23.7 Å². The molecule has 1 atom stereocenters. The van der Waals surface area contributed by atoms with Crippen molar-refractivity contribution in [2.24, 2.45) is 5.84 Å². The van der Waals surface area contributed by atoms with Crippen LogP contribution >= 0.6 is 0 Å². The molecule has 0 aromatic carbocycles. The summed E-state index contributed by atoms with van der Waals surface area (Å²) in [7, 11) is 1.74. The van der Waals surface area contributed by atoms with Crippen molar-refractivity contribution in [2.75, 3.05) is 20.2 Å². The average molecular weight is 267 g/mol. The predicted molar refractivity (Wildman–Crippen MR) is 70.3 cm³/mol. The maximum absolute atomic E-state index is 11.5. The Morgan fingerprint density at radius 3 is 3.16 bits per heavy atom. The van der Waals surface area contributed by atoms with Crippen molar-refractivity contribution in [1.29, 1.82) is 0 Å². The van der Waals surface area contributed by atoms with Gasteiger partial charge in [-0.05, 0) is 32.4 Å². The molecule has 19 heavy (non-hydrogen) atoms. The van der Waals surface area contributed by atoms with Crippen LogP contribution in [0.15, 0.2) is 16.7 Å². The standard InChI is InChI=1S/C13H21N3O3/c1-13(18-2)5-3-6-16(9-13)8-10-4-7-19-11(10)12(17)15-14/h4,7H,3,5-6,8-9,14H2,1-2H3,(H,15,17). The molecule has 2 rings (SSSR count). The molecule has 1 saturated heterocycles. The van der Waals surface area contributed by atoms with Crippen molar-refractivity contribution >= 4 is 5.91 Å². The second kappa shape index (κ2) is 5.73. The van der Waals surface area contributed by atoms with E-state index in [1.165, 1.54) is 6.26 Å². The lowest BCUT2D eigenvalue weighted by molar-refractivity contribution is -0.0527. The number of nitrogens with zero attached hydrogens (tertiary/aromatic N) is 1. The Labute approximate surface area is 112 Å². The topological polar surface area (TPSA) is 80.7 Å². The molecule has 1 amide bonds. The van der Waals surface area contributed by atoms with Crippen LogP contribution in [0.3, 0.4) is 0 Å². The third kappa shape index (κ3) is 3.15. The number of nitrogens with two attached hydrogens (primary N) is 1. The summed E-state index contributed by atoms with van der Waals surface area (Å²) in [5.41, 5.74) is 2.83. The van der Waals surface area contributed by atoms with Crippen LogP contribution in [0.1, 0.15) is 35.9 Å². The van der Waals surface area contributed by atoms with E-state index >= 15 is 0 Å². The zero-order chi connectivity index (χ0) is 13.9. The molecule has 106 valence electrons. The number of rotatable bonds is 4. The zero-order valence-corrected chi connectivity index (χ0v) is 11.4. The molecule has 0 radical (unpaired) electrons. The van der Waals surface area contributed by atoms with Gasteiger partial charge in [-0.3, -0.25) is 15.1 Å². The van der Waals surface area contributed by atoms with Gasteiger partial charge in [-0.2, -0.15) is 0 Å². The summed E-state index contributed by atoms with van der Waals surface area (Å²) in [5, 5.41) is 0. The number of nitrogens with one attached hydrogen (secondary N) is 1. The van der Waals surface area contributed by atoms with E-state index in [1.807, 2.05) is 6.07 Å². The molecule has 1 aromatic rings. The number of likely N-dealkylation sites (tertiary alicyclic amines) is 1. The summed E-state index contributed by atoms with van der Waals surface area (Å²) in [6.45, 7) is 4.62. The third-order valence-corrected chi connectivity index (χ3v) is 3.71. The fourth-order valence-corrected chi connectivity index (χ4v) is 2.58. The van der Waals surface area contributed by atoms with E-state index in [-0.39, 0.29) is 11.4 Å². The van der Waals surface area contributed by atoms with Gasteiger partial charge in [0.15, 0.2) is 5.76 Å². The summed E-state index contributed by atoms with van der Waals surface area (Å²) in [4.78, 5) is 13.8. The van der Waals surface area contributed by atoms with Crippen LogP contribution in [-0.2, 0) is 11.3 Å². The van der Waals surface area contributed by atoms with Gasteiger partial charge in [0.05, 0.1) is 11.9 Å². The van der Waals surface area contributed by atoms with Crippen molar-refractivity contribution in [2.45, 2.75) is 31.9 Å². The predicted octanol–water partition coefficient (Wildman–Crippen LogP) is 0.884. The number of piperidine rings is 1. The van der Waals surface area contributed by atoms with Gasteiger partial charge < -0.3 is 9.15 Å². The molecule has 1 aliphatic heterocycles. The molecule has 0 saturated carbocycles. The van der Waals surface area contributed by atoms with Gasteiger partial charge in [-0.25, -0.2) is 5.84 Å². The average Bonchev–Trinajstić information content (AvgIpc) is 2.86. The summed E-state index contributed by atoms with van der Waals surface area (Å²) >= 11 is 0. The number of amides is 1. The fourth-order valence-electron chi connectivity index (χ4n) is 2.58. The molecular formula is C13H21N3O3. The third-order valence-electron chi connectivity index (χ3n) is 3.71. The molecular weight excluding hydrogens is 246 g/mol. The summed E-state index contributed by atoms with van der Waals surface area (Å²) in [5.74, 6) is 5.02. The lowest BCUT2D eigenvalue weighted by atomic mass is 9.94. The van der Waals surface area contributed by atoms with Crippen LogP contribution in [-0.4, -0.2) is 36.6 Å². The number of ether oxygens (including phenoxy) is 1. The minimum Gasteiger partial charge on any atom is -0.459 e. The Kier molecular flexibility index (Phi) is 4.24. The van der Waals surface area contributed by atoms with Gasteiger partial charge in [0.1, 0.15) is 0 Å². The maximum Gasteiger partial charge on any atom is 0.301 e. The number of furan rings is 1. The Morgan fingerprint density at radius 2 is 2.47 bits per heavy atom. The Morgan fingerprint density at radius 1 is 1.68 bits per heavy atom. The molecule has 1 aromatic heterocycles. The molecule has 1 unspecified atom stereocenters. The van der Waals surface area contributed by atoms with Gasteiger partial charge in [0.25, 0.3) is 0 Å². The molecule has 1 aliphatic rings. The number of nitrogen functional groups attached to an aromatic ring is 1. The number of methoxy groups -OCH3 is 1. The second-order valence-corrected chi connectivity index (χ2v) is 5.22. The highest BCUT2D eigenvalue weighted by molar-refractivity contribution is 5.92. The minimum atomic E-state index is -0.397. The van der Waals surface area contributed by atoms with Crippen molar-refractivity contribution in [3.63, 3.8) is 0 Å². The second-order valence-electron chi connectivity index (χ2n) is 5.22. The Hall–Kier alpha value is -1.37. The Bertz CT molecular complexity index is 446. The van der Waals surface area contributed by atoms with Crippen LogP contribution in [0.4, 0.5) is 0 Å². The normalized spacial score (nSPS) is 24.4. The van der Waals surface area contributed by atoms with Crippen LogP contribution in [0.25, 0.3) is 0 Å². The van der Waals surface area contributed by atoms with E-state index in [1.54, 1.807) is 7.11 Å². The fraction of sp³-hybridized carbons (Fsp3) is 0.615. The van der Waals surface area contributed by atoms with E-state index in [2.05, 4.69) is 17.2 Å². The van der Waals surface area contributed by atoms with Gasteiger partial charge >= 0.3 is 5.91 Å². The first-order chi connectivity index (χ1) is 9.08. The van der Waals surface area contributed by atoms with Crippen LogP contribution in [0, 0.1) is 0 Å². The van der Waals surface area contributed by atoms with E-state index in [4.69, 9.17) is 15.0 Å². The van der Waals surface area contributed by atoms with Gasteiger partial charge in [0.2, 0.25) is 0 Å². The molecule has 2 heterocycles. The first-order valence-corrected chi connectivity index (χ1v) is 6.43. The SMILES string of the molecule is COC1(C)CCCN(Cc2ccoc2C(=O)NN)C1. The number of hydrazine groups is 1. The molecule has 3 N–H and O–H groups in total. The molecule has 0 aliphatic carbocycles. The van der Waals surface area contributed by atoms with Crippen LogP contribution < -0.4 is 11.3 Å². The lowest BCUT2D eigenvalue weighted by Crippen LogP contribution is -2.47. The first kappa shape index (κ1) is 14.0. The molecule has 1 fully saturated rings.